The molecule has 1 N–H and O–H groups in total. The number of aromatic nitrogens is 3. The Morgan fingerprint density at radius 1 is 1.47 bits per heavy atom. The Balaban J connectivity index is 2.65. The molecule has 4 heteroatoms. The second-order valence-electron chi connectivity index (χ2n) is 4.01. The highest BCUT2D eigenvalue weighted by molar-refractivity contribution is 7.71. The van der Waals surface area contributed by atoms with Crippen LogP contribution in [0, 0.1) is 11.7 Å². The number of aryl methyl sites for hydroxylation is 1. The fourth-order valence-electron chi connectivity index (χ4n) is 1.80. The van der Waals surface area contributed by atoms with E-state index in [0.29, 0.717) is 4.77 Å². The summed E-state index contributed by atoms with van der Waals surface area (Å²) in [7, 11) is 0. The largest absolute Gasteiger partial charge is 0.293 e. The Labute approximate surface area is 106 Å². The first kappa shape index (κ1) is 11.8. The van der Waals surface area contributed by atoms with Crippen LogP contribution in [-0.2, 0) is 0 Å². The van der Waals surface area contributed by atoms with Crippen LogP contribution in [0.1, 0.15) is 18.5 Å². The number of aromatic amines is 1. The lowest BCUT2D eigenvalue weighted by Gasteiger charge is -2.12. The van der Waals surface area contributed by atoms with Crippen LogP contribution in [0.3, 0.4) is 0 Å². The number of hydrogen-bond acceptors (Lipinski definition) is 2. The van der Waals surface area contributed by atoms with Crippen molar-refractivity contribution in [2.75, 3.05) is 0 Å². The predicted octanol–water partition coefficient (Wildman–Crippen LogP) is 3.66. The van der Waals surface area contributed by atoms with Crippen molar-refractivity contribution in [1.29, 1.82) is 0 Å². The van der Waals surface area contributed by atoms with E-state index in [1.54, 1.807) is 0 Å². The number of rotatable bonds is 3. The number of H-pyrrole nitrogens is 1. The van der Waals surface area contributed by atoms with Crippen molar-refractivity contribution in [2.24, 2.45) is 0 Å². The van der Waals surface area contributed by atoms with Gasteiger partial charge in [-0.3, -0.25) is 9.67 Å². The summed E-state index contributed by atoms with van der Waals surface area (Å²) < 4.78 is 2.60. The maximum atomic E-state index is 5.26. The van der Waals surface area contributed by atoms with Gasteiger partial charge in [-0.05, 0) is 31.6 Å². The summed E-state index contributed by atoms with van der Waals surface area (Å²) in [5.74, 6) is 0.862. The van der Waals surface area contributed by atoms with Crippen molar-refractivity contribution in [3.05, 3.63) is 47.3 Å². The number of nitrogens with zero attached hydrogens (tertiary/aromatic N) is 2. The Bertz CT molecular complexity index is 595. The molecule has 2 aromatic rings. The summed E-state index contributed by atoms with van der Waals surface area (Å²) in [6.45, 7) is 7.91. The minimum Gasteiger partial charge on any atom is -0.293 e. The third kappa shape index (κ3) is 2.08. The van der Waals surface area contributed by atoms with E-state index in [0.717, 1.165) is 11.4 Å². The first-order chi connectivity index (χ1) is 8.15. The van der Waals surface area contributed by atoms with Gasteiger partial charge in [0.2, 0.25) is 0 Å². The minimum absolute atomic E-state index is 0.121. The summed E-state index contributed by atoms with van der Waals surface area (Å²) in [6, 6.07) is 8.25. The van der Waals surface area contributed by atoms with Crippen molar-refractivity contribution in [3.8, 4) is 11.4 Å². The number of benzene rings is 1. The highest BCUT2D eigenvalue weighted by Crippen LogP contribution is 2.24. The van der Waals surface area contributed by atoms with Crippen LogP contribution in [0.4, 0.5) is 0 Å². The standard InChI is InChI=1S/C13H15N3S/c1-4-10(3)16-12(14-15-13(16)17)11-8-6-5-7-9(11)2/h4-8,10H,1H2,2-3H3,(H,15,17). The first-order valence-corrected chi connectivity index (χ1v) is 5.91. The van der Waals surface area contributed by atoms with Crippen molar-refractivity contribution in [3.63, 3.8) is 0 Å². The van der Waals surface area contributed by atoms with Gasteiger partial charge in [0.05, 0.1) is 6.04 Å². The molecule has 0 fully saturated rings. The van der Waals surface area contributed by atoms with Gasteiger partial charge < -0.3 is 0 Å². The molecule has 0 saturated carbocycles. The van der Waals surface area contributed by atoms with E-state index < -0.39 is 0 Å². The van der Waals surface area contributed by atoms with Gasteiger partial charge in [-0.1, -0.05) is 30.3 Å². The quantitative estimate of drug-likeness (QED) is 0.661. The van der Waals surface area contributed by atoms with Gasteiger partial charge in [-0.2, -0.15) is 5.10 Å². The summed E-state index contributed by atoms with van der Waals surface area (Å²) in [4.78, 5) is 0. The molecule has 2 rings (SSSR count). The zero-order chi connectivity index (χ0) is 12.4. The fourth-order valence-corrected chi connectivity index (χ4v) is 2.10. The molecule has 0 amide bonds. The molecule has 1 aromatic carbocycles. The molecule has 17 heavy (non-hydrogen) atoms. The zero-order valence-corrected chi connectivity index (χ0v) is 10.8. The van der Waals surface area contributed by atoms with E-state index in [9.17, 15) is 0 Å². The molecule has 0 aliphatic heterocycles. The van der Waals surface area contributed by atoms with Gasteiger partial charge in [0, 0.05) is 5.56 Å². The van der Waals surface area contributed by atoms with Gasteiger partial charge in [-0.25, -0.2) is 0 Å². The third-order valence-corrected chi connectivity index (χ3v) is 3.13. The molecule has 0 bridgehead atoms. The molecule has 0 radical (unpaired) electrons. The summed E-state index contributed by atoms with van der Waals surface area (Å²) in [5, 5.41) is 7.16. The van der Waals surface area contributed by atoms with Crippen molar-refractivity contribution in [1.82, 2.24) is 14.8 Å². The topological polar surface area (TPSA) is 33.6 Å². The summed E-state index contributed by atoms with van der Waals surface area (Å²) in [6.07, 6.45) is 1.85. The lowest BCUT2D eigenvalue weighted by molar-refractivity contribution is 0.657. The van der Waals surface area contributed by atoms with E-state index in [1.807, 2.05) is 35.8 Å². The highest BCUT2D eigenvalue weighted by Gasteiger charge is 2.13. The molecule has 1 aromatic heterocycles. The molecule has 1 unspecified atom stereocenters. The monoisotopic (exact) mass is 245 g/mol. The lowest BCUT2D eigenvalue weighted by Crippen LogP contribution is -2.05. The fraction of sp³-hybridized carbons (Fsp3) is 0.231. The van der Waals surface area contributed by atoms with E-state index in [1.165, 1.54) is 5.56 Å². The van der Waals surface area contributed by atoms with Gasteiger partial charge in [-0.15, -0.1) is 6.58 Å². The molecule has 1 heterocycles. The van der Waals surface area contributed by atoms with E-state index in [-0.39, 0.29) is 6.04 Å². The van der Waals surface area contributed by atoms with Crippen molar-refractivity contribution < 1.29 is 0 Å². The van der Waals surface area contributed by atoms with Crippen LogP contribution < -0.4 is 0 Å². The first-order valence-electron chi connectivity index (χ1n) is 5.50. The van der Waals surface area contributed by atoms with E-state index in [2.05, 4.69) is 29.8 Å². The van der Waals surface area contributed by atoms with Crippen LogP contribution in [-0.4, -0.2) is 14.8 Å². The predicted molar refractivity (Wildman–Crippen MR) is 72.5 cm³/mol. The Kier molecular flexibility index (Phi) is 3.24. The average Bonchev–Trinajstić information content (AvgIpc) is 2.71. The molecule has 88 valence electrons. The van der Waals surface area contributed by atoms with Crippen LogP contribution in [0.2, 0.25) is 0 Å². The third-order valence-electron chi connectivity index (χ3n) is 2.84. The molecule has 1 atom stereocenters. The molecule has 0 aliphatic rings. The van der Waals surface area contributed by atoms with Crippen LogP contribution in [0.15, 0.2) is 36.9 Å². The zero-order valence-electron chi connectivity index (χ0n) is 9.97. The Hall–Kier alpha value is -1.68. The Morgan fingerprint density at radius 3 is 2.82 bits per heavy atom. The summed E-state index contributed by atoms with van der Waals surface area (Å²) in [5.41, 5.74) is 2.27. The molecule has 0 spiro atoms. The van der Waals surface area contributed by atoms with E-state index in [4.69, 9.17) is 12.2 Å². The van der Waals surface area contributed by atoms with Gasteiger partial charge in [0.25, 0.3) is 0 Å². The maximum absolute atomic E-state index is 5.26. The van der Waals surface area contributed by atoms with Crippen molar-refractivity contribution >= 4 is 12.2 Å². The van der Waals surface area contributed by atoms with Crippen LogP contribution in [0.25, 0.3) is 11.4 Å². The summed E-state index contributed by atoms with van der Waals surface area (Å²) >= 11 is 5.26. The number of hydrogen-bond donors (Lipinski definition) is 1. The van der Waals surface area contributed by atoms with Gasteiger partial charge in [0.15, 0.2) is 10.6 Å². The molecule has 3 nitrogen and oxygen atoms in total. The van der Waals surface area contributed by atoms with Gasteiger partial charge >= 0.3 is 0 Å². The van der Waals surface area contributed by atoms with E-state index >= 15 is 0 Å². The van der Waals surface area contributed by atoms with Crippen LogP contribution >= 0.6 is 12.2 Å². The van der Waals surface area contributed by atoms with Crippen LogP contribution in [0.5, 0.6) is 0 Å². The molecule has 0 saturated heterocycles. The molecular weight excluding hydrogens is 230 g/mol. The normalized spacial score (nSPS) is 12.4. The number of allylic oxidation sites excluding steroid dienone is 1. The van der Waals surface area contributed by atoms with Gasteiger partial charge in [0.1, 0.15) is 0 Å². The SMILES string of the molecule is C=CC(C)n1c(-c2ccccc2C)n[nH]c1=S. The smallest absolute Gasteiger partial charge is 0.195 e. The maximum Gasteiger partial charge on any atom is 0.195 e. The second kappa shape index (κ2) is 4.67. The minimum atomic E-state index is 0.121. The Morgan fingerprint density at radius 2 is 2.18 bits per heavy atom. The second-order valence-corrected chi connectivity index (χ2v) is 4.40. The van der Waals surface area contributed by atoms with Crippen molar-refractivity contribution in [2.45, 2.75) is 19.9 Å². The molecular formula is C13H15N3S. The number of nitrogens with one attached hydrogen (secondary N) is 1. The lowest BCUT2D eigenvalue weighted by atomic mass is 10.1. The highest BCUT2D eigenvalue weighted by atomic mass is 32.1. The molecule has 0 aliphatic carbocycles. The average molecular weight is 245 g/mol.